The normalized spacial score (nSPS) is 19.5. The number of piperazine rings is 1. The fraction of sp³-hybridized carbons (Fsp3) is 0.600. The smallest absolute Gasteiger partial charge is 0.123 e. The first-order valence-corrected chi connectivity index (χ1v) is 7.07. The molecule has 0 aliphatic carbocycles. The van der Waals surface area contributed by atoms with Gasteiger partial charge in [-0.3, -0.25) is 0 Å². The van der Waals surface area contributed by atoms with Crippen LogP contribution in [0.15, 0.2) is 24.3 Å². The van der Waals surface area contributed by atoms with Crippen molar-refractivity contribution in [1.29, 1.82) is 0 Å². The van der Waals surface area contributed by atoms with Gasteiger partial charge in [-0.25, -0.2) is 4.39 Å². The Hall–Kier alpha value is -0.970. The van der Waals surface area contributed by atoms with Gasteiger partial charge in [0.15, 0.2) is 0 Å². The van der Waals surface area contributed by atoms with Gasteiger partial charge in [0, 0.05) is 32.7 Å². The Bertz CT molecular complexity index is 374. The average molecular weight is 266 g/mol. The molecular formula is C15H23FN2O. The number of halogens is 1. The van der Waals surface area contributed by atoms with Gasteiger partial charge in [0.1, 0.15) is 5.82 Å². The fourth-order valence-corrected chi connectivity index (χ4v) is 2.49. The lowest BCUT2D eigenvalue weighted by molar-refractivity contribution is 0.105. The molecule has 1 aliphatic rings. The van der Waals surface area contributed by atoms with Gasteiger partial charge in [-0.2, -0.15) is 0 Å². The molecule has 1 atom stereocenters. The summed E-state index contributed by atoms with van der Waals surface area (Å²) in [5.41, 5.74) is 0.800. The van der Waals surface area contributed by atoms with Crippen molar-refractivity contribution in [2.75, 3.05) is 39.3 Å². The molecule has 3 nitrogen and oxygen atoms in total. The predicted molar refractivity (Wildman–Crippen MR) is 74.5 cm³/mol. The predicted octanol–water partition coefficient (Wildman–Crippen LogP) is 1.89. The first kappa shape index (κ1) is 14.4. The average Bonchev–Trinajstić information content (AvgIpc) is 2.46. The van der Waals surface area contributed by atoms with Gasteiger partial charge in [0.05, 0.1) is 6.10 Å². The van der Waals surface area contributed by atoms with Crippen LogP contribution in [0.2, 0.25) is 0 Å². The van der Waals surface area contributed by atoms with Crippen LogP contribution in [-0.2, 0) is 0 Å². The molecule has 0 radical (unpaired) electrons. The molecule has 1 aliphatic heterocycles. The molecule has 0 saturated carbocycles. The Morgan fingerprint density at radius 3 is 2.26 bits per heavy atom. The number of aliphatic hydroxyl groups excluding tert-OH is 1. The van der Waals surface area contributed by atoms with Crippen molar-refractivity contribution in [3.63, 3.8) is 0 Å². The second-order valence-corrected chi connectivity index (χ2v) is 5.13. The quantitative estimate of drug-likeness (QED) is 0.881. The van der Waals surface area contributed by atoms with E-state index >= 15 is 0 Å². The maximum absolute atomic E-state index is 12.8. The van der Waals surface area contributed by atoms with E-state index in [0.717, 1.165) is 44.8 Å². The van der Waals surface area contributed by atoms with Crippen LogP contribution in [0.5, 0.6) is 0 Å². The first-order chi connectivity index (χ1) is 9.19. The number of nitrogens with zero attached hydrogens (tertiary/aromatic N) is 2. The summed E-state index contributed by atoms with van der Waals surface area (Å²) in [6.07, 6.45) is 0.211. The number of aliphatic hydroxyl groups is 1. The molecule has 1 unspecified atom stereocenters. The van der Waals surface area contributed by atoms with Crippen molar-refractivity contribution in [2.24, 2.45) is 0 Å². The highest BCUT2D eigenvalue weighted by molar-refractivity contribution is 5.18. The molecule has 1 aromatic carbocycles. The van der Waals surface area contributed by atoms with E-state index in [1.54, 1.807) is 12.1 Å². The fourth-order valence-electron chi connectivity index (χ4n) is 2.49. The van der Waals surface area contributed by atoms with Gasteiger partial charge in [0.2, 0.25) is 0 Å². The summed E-state index contributed by atoms with van der Waals surface area (Å²) in [5, 5.41) is 10.1. The molecule has 0 amide bonds. The number of likely N-dealkylation sites (N-methyl/N-ethyl adjacent to an activating group) is 1. The molecule has 0 bridgehead atoms. The SMILES string of the molecule is CCN1CCN(CCC(O)c2ccc(F)cc2)CC1. The molecule has 1 saturated heterocycles. The molecule has 4 heteroatoms. The molecule has 1 fully saturated rings. The van der Waals surface area contributed by atoms with Crippen LogP contribution in [0, 0.1) is 5.82 Å². The molecule has 2 rings (SSSR count). The van der Waals surface area contributed by atoms with Crippen LogP contribution >= 0.6 is 0 Å². The van der Waals surface area contributed by atoms with Gasteiger partial charge in [0.25, 0.3) is 0 Å². The Morgan fingerprint density at radius 2 is 1.68 bits per heavy atom. The second-order valence-electron chi connectivity index (χ2n) is 5.13. The summed E-state index contributed by atoms with van der Waals surface area (Å²) in [4.78, 5) is 4.83. The number of hydrogen-bond acceptors (Lipinski definition) is 3. The highest BCUT2D eigenvalue weighted by Crippen LogP contribution is 2.17. The summed E-state index contributed by atoms with van der Waals surface area (Å²) in [5.74, 6) is -0.258. The van der Waals surface area contributed by atoms with Gasteiger partial charge in [-0.15, -0.1) is 0 Å². The third-order valence-corrected chi connectivity index (χ3v) is 3.89. The number of rotatable bonds is 5. The van der Waals surface area contributed by atoms with Crippen LogP contribution in [0.3, 0.4) is 0 Å². The Morgan fingerprint density at radius 1 is 1.11 bits per heavy atom. The number of hydrogen-bond donors (Lipinski definition) is 1. The Labute approximate surface area is 114 Å². The third kappa shape index (κ3) is 4.27. The van der Waals surface area contributed by atoms with Gasteiger partial charge in [-0.1, -0.05) is 19.1 Å². The highest BCUT2D eigenvalue weighted by Gasteiger charge is 2.16. The largest absolute Gasteiger partial charge is 0.388 e. The molecule has 106 valence electrons. The van der Waals surface area contributed by atoms with E-state index in [1.807, 2.05) is 0 Å². The van der Waals surface area contributed by atoms with Gasteiger partial charge >= 0.3 is 0 Å². The van der Waals surface area contributed by atoms with Gasteiger partial charge < -0.3 is 14.9 Å². The first-order valence-electron chi connectivity index (χ1n) is 7.07. The van der Waals surface area contributed by atoms with Crippen LogP contribution in [-0.4, -0.2) is 54.2 Å². The molecule has 1 aromatic rings. The minimum Gasteiger partial charge on any atom is -0.388 e. The van der Waals surface area contributed by atoms with E-state index in [-0.39, 0.29) is 5.82 Å². The summed E-state index contributed by atoms with van der Waals surface area (Å²) < 4.78 is 12.8. The lowest BCUT2D eigenvalue weighted by Gasteiger charge is -2.34. The molecule has 0 spiro atoms. The molecular weight excluding hydrogens is 243 g/mol. The lowest BCUT2D eigenvalue weighted by atomic mass is 10.1. The number of benzene rings is 1. The highest BCUT2D eigenvalue weighted by atomic mass is 19.1. The van der Waals surface area contributed by atoms with Gasteiger partial charge in [-0.05, 0) is 30.7 Å². The van der Waals surface area contributed by atoms with E-state index in [4.69, 9.17) is 0 Å². The van der Waals surface area contributed by atoms with Crippen molar-refractivity contribution in [2.45, 2.75) is 19.4 Å². The summed E-state index contributed by atoms with van der Waals surface area (Å²) in [7, 11) is 0. The van der Waals surface area contributed by atoms with E-state index in [0.29, 0.717) is 6.42 Å². The van der Waals surface area contributed by atoms with Crippen LogP contribution < -0.4 is 0 Å². The third-order valence-electron chi connectivity index (χ3n) is 3.89. The zero-order chi connectivity index (χ0) is 13.7. The standard InChI is InChI=1S/C15H23FN2O/c1-2-17-9-11-18(12-10-17)8-7-15(19)13-3-5-14(16)6-4-13/h3-6,15,19H,2,7-12H2,1H3. The summed E-state index contributed by atoms with van der Waals surface area (Å²) in [6, 6.07) is 6.13. The summed E-state index contributed by atoms with van der Waals surface area (Å²) in [6.45, 7) is 8.58. The topological polar surface area (TPSA) is 26.7 Å². The molecule has 1 N–H and O–H groups in total. The minimum atomic E-state index is -0.496. The van der Waals surface area contributed by atoms with E-state index in [2.05, 4.69) is 16.7 Å². The maximum atomic E-state index is 12.8. The zero-order valence-corrected chi connectivity index (χ0v) is 11.6. The van der Waals surface area contributed by atoms with E-state index in [9.17, 15) is 9.50 Å². The molecule has 0 aromatic heterocycles. The van der Waals surface area contributed by atoms with Crippen LogP contribution in [0.4, 0.5) is 4.39 Å². The molecule has 1 heterocycles. The zero-order valence-electron chi connectivity index (χ0n) is 11.6. The van der Waals surface area contributed by atoms with Crippen molar-refractivity contribution in [1.82, 2.24) is 9.80 Å². The van der Waals surface area contributed by atoms with Crippen molar-refractivity contribution in [3.8, 4) is 0 Å². The Kier molecular flexibility index (Phi) is 5.31. The van der Waals surface area contributed by atoms with Crippen molar-refractivity contribution < 1.29 is 9.50 Å². The van der Waals surface area contributed by atoms with Crippen molar-refractivity contribution in [3.05, 3.63) is 35.6 Å². The minimum absolute atomic E-state index is 0.258. The molecule has 19 heavy (non-hydrogen) atoms. The van der Waals surface area contributed by atoms with E-state index in [1.165, 1.54) is 12.1 Å². The monoisotopic (exact) mass is 266 g/mol. The van der Waals surface area contributed by atoms with E-state index < -0.39 is 6.10 Å². The van der Waals surface area contributed by atoms with Crippen LogP contribution in [0.1, 0.15) is 25.0 Å². The Balaban J connectivity index is 1.75. The second kappa shape index (κ2) is 6.98. The summed E-state index contributed by atoms with van der Waals surface area (Å²) >= 11 is 0. The van der Waals surface area contributed by atoms with Crippen LogP contribution in [0.25, 0.3) is 0 Å². The van der Waals surface area contributed by atoms with Crippen molar-refractivity contribution >= 4 is 0 Å². The maximum Gasteiger partial charge on any atom is 0.123 e. The lowest BCUT2D eigenvalue weighted by Crippen LogP contribution is -2.46.